The highest BCUT2D eigenvalue weighted by molar-refractivity contribution is 7.98. The lowest BCUT2D eigenvalue weighted by Gasteiger charge is -2.29. The largest absolute Gasteiger partial charge is 0.299 e. The van der Waals surface area contributed by atoms with Gasteiger partial charge in [-0.3, -0.25) is 4.90 Å². The lowest BCUT2D eigenvalue weighted by atomic mass is 9.89. The molecule has 1 aromatic carbocycles. The fraction of sp³-hybridized carbons (Fsp3) is 0.520. The molecule has 0 aromatic heterocycles. The van der Waals surface area contributed by atoms with E-state index in [1.165, 1.54) is 36.2 Å². The highest BCUT2D eigenvalue weighted by atomic mass is 32.2. The van der Waals surface area contributed by atoms with Crippen molar-refractivity contribution >= 4 is 17.3 Å². The van der Waals surface area contributed by atoms with Gasteiger partial charge in [-0.05, 0) is 72.9 Å². The zero-order chi connectivity index (χ0) is 19.5. The lowest BCUT2D eigenvalue weighted by Crippen LogP contribution is -2.31. The van der Waals surface area contributed by atoms with Crippen molar-refractivity contribution in [2.75, 3.05) is 31.6 Å². The van der Waals surface area contributed by atoms with Crippen LogP contribution in [-0.2, 0) is 0 Å². The minimum absolute atomic E-state index is 0.232. The zero-order valence-electron chi connectivity index (χ0n) is 17.4. The molecular formula is C25H35NS. The van der Waals surface area contributed by atoms with Gasteiger partial charge in [-0.1, -0.05) is 50.0 Å². The molecule has 0 N–H and O–H groups in total. The average Bonchev–Trinajstić information content (AvgIpc) is 2.70. The molecule has 0 spiro atoms. The van der Waals surface area contributed by atoms with Gasteiger partial charge in [-0.25, -0.2) is 0 Å². The van der Waals surface area contributed by atoms with Crippen molar-refractivity contribution in [2.45, 2.75) is 46.0 Å². The van der Waals surface area contributed by atoms with E-state index in [1.54, 1.807) is 0 Å². The quantitative estimate of drug-likeness (QED) is 0.282. The molecule has 0 atom stereocenters. The molecule has 2 heteroatoms. The van der Waals surface area contributed by atoms with Gasteiger partial charge in [0, 0.05) is 25.1 Å². The Morgan fingerprint density at radius 1 is 1.22 bits per heavy atom. The van der Waals surface area contributed by atoms with Gasteiger partial charge < -0.3 is 0 Å². The number of unbranched alkanes of at least 4 members (excludes halogenated alkanes) is 2. The Hall–Kier alpha value is -1.43. The van der Waals surface area contributed by atoms with Crippen molar-refractivity contribution < 1.29 is 0 Å². The van der Waals surface area contributed by atoms with E-state index in [4.69, 9.17) is 0 Å². The van der Waals surface area contributed by atoms with Gasteiger partial charge in [-0.15, -0.1) is 6.58 Å². The Kier molecular flexibility index (Phi) is 9.25. The Balaban J connectivity index is 1.82. The summed E-state index contributed by atoms with van der Waals surface area (Å²) in [6.45, 7) is 11.8. The second-order valence-corrected chi connectivity index (χ2v) is 9.04. The smallest absolute Gasteiger partial charge is 0.0245 e. The maximum atomic E-state index is 3.95. The van der Waals surface area contributed by atoms with Crippen molar-refractivity contribution in [3.8, 4) is 11.8 Å². The molecule has 2 rings (SSSR count). The molecule has 1 heterocycles. The van der Waals surface area contributed by atoms with Gasteiger partial charge >= 0.3 is 0 Å². The molecule has 1 aliphatic rings. The summed E-state index contributed by atoms with van der Waals surface area (Å²) in [5, 5.41) is 0. The first kappa shape index (κ1) is 21.9. The molecule has 0 radical (unpaired) electrons. The molecule has 0 fully saturated rings. The first-order valence-electron chi connectivity index (χ1n) is 10.2. The van der Waals surface area contributed by atoms with Crippen LogP contribution in [-0.4, -0.2) is 36.5 Å². The normalized spacial score (nSPS) is 15.0. The minimum atomic E-state index is 0.232. The van der Waals surface area contributed by atoms with Crippen LogP contribution in [0, 0.1) is 17.3 Å². The summed E-state index contributed by atoms with van der Waals surface area (Å²) in [6.07, 6.45) is 12.4. The molecule has 27 heavy (non-hydrogen) atoms. The fourth-order valence-electron chi connectivity index (χ4n) is 3.12. The van der Waals surface area contributed by atoms with Gasteiger partial charge in [0.15, 0.2) is 0 Å². The average molecular weight is 382 g/mol. The predicted molar refractivity (Wildman–Crippen MR) is 123 cm³/mol. The molecule has 0 amide bonds. The summed E-state index contributed by atoms with van der Waals surface area (Å²) >= 11 is 1.92. The number of thioether (sulfide) groups is 1. The molecule has 1 aromatic rings. The van der Waals surface area contributed by atoms with Crippen LogP contribution in [0.1, 0.15) is 57.1 Å². The van der Waals surface area contributed by atoms with Crippen LogP contribution in [0.4, 0.5) is 0 Å². The van der Waals surface area contributed by atoms with Crippen LogP contribution in [0.3, 0.4) is 0 Å². The van der Waals surface area contributed by atoms with Crippen LogP contribution < -0.4 is 0 Å². The zero-order valence-corrected chi connectivity index (χ0v) is 18.2. The van der Waals surface area contributed by atoms with E-state index in [0.717, 1.165) is 38.0 Å². The van der Waals surface area contributed by atoms with E-state index in [-0.39, 0.29) is 5.41 Å². The van der Waals surface area contributed by atoms with Crippen molar-refractivity contribution in [1.29, 1.82) is 0 Å². The van der Waals surface area contributed by atoms with Crippen LogP contribution >= 0.6 is 11.8 Å². The number of benzene rings is 1. The molecule has 0 saturated heterocycles. The molecule has 146 valence electrons. The highest BCUT2D eigenvalue weighted by Crippen LogP contribution is 2.25. The third-order valence-corrected chi connectivity index (χ3v) is 6.00. The van der Waals surface area contributed by atoms with Gasteiger partial charge in [0.05, 0.1) is 0 Å². The molecule has 0 saturated carbocycles. The Morgan fingerprint density at radius 2 is 2.00 bits per heavy atom. The minimum Gasteiger partial charge on any atom is -0.299 e. The number of rotatable bonds is 9. The summed E-state index contributed by atoms with van der Waals surface area (Å²) < 4.78 is 0. The van der Waals surface area contributed by atoms with Crippen molar-refractivity contribution in [3.05, 3.63) is 54.1 Å². The number of allylic oxidation sites excluding steroid dienone is 1. The van der Waals surface area contributed by atoms with Crippen LogP contribution in [0.15, 0.2) is 43.0 Å². The fourth-order valence-corrected chi connectivity index (χ4v) is 3.61. The molecule has 1 aliphatic heterocycles. The summed E-state index contributed by atoms with van der Waals surface area (Å²) in [5.74, 6) is 7.86. The third kappa shape index (κ3) is 7.99. The summed E-state index contributed by atoms with van der Waals surface area (Å²) in [7, 11) is 0. The van der Waals surface area contributed by atoms with E-state index < -0.39 is 0 Å². The van der Waals surface area contributed by atoms with E-state index >= 15 is 0 Å². The molecular weight excluding hydrogens is 346 g/mol. The predicted octanol–water partition coefficient (Wildman–Crippen LogP) is 6.26. The van der Waals surface area contributed by atoms with Crippen LogP contribution in [0.5, 0.6) is 0 Å². The maximum absolute atomic E-state index is 3.95. The third-order valence-electron chi connectivity index (χ3n) is 5.31. The summed E-state index contributed by atoms with van der Waals surface area (Å²) in [4.78, 5) is 2.55. The summed E-state index contributed by atoms with van der Waals surface area (Å²) in [6, 6.07) is 8.81. The number of hydrogen-bond donors (Lipinski definition) is 0. The van der Waals surface area contributed by atoms with Crippen molar-refractivity contribution in [3.63, 3.8) is 0 Å². The van der Waals surface area contributed by atoms with E-state index in [2.05, 4.69) is 79.8 Å². The second-order valence-electron chi connectivity index (χ2n) is 8.05. The number of hydrogen-bond acceptors (Lipinski definition) is 2. The second kappa shape index (κ2) is 11.4. The van der Waals surface area contributed by atoms with Gasteiger partial charge in [0.2, 0.25) is 0 Å². The molecule has 0 bridgehead atoms. The van der Waals surface area contributed by atoms with E-state index in [9.17, 15) is 0 Å². The van der Waals surface area contributed by atoms with Gasteiger partial charge in [0.1, 0.15) is 0 Å². The van der Waals surface area contributed by atoms with E-state index in [0.29, 0.717) is 0 Å². The standard InChI is InChI=1S/C25H35NS/c1-5-25(2,3)17-20-26-18-15-24(16-19-26)23-13-11-22(12-14-23)10-8-6-7-9-21-27-4/h5,11-15H,1,6-7,9,16-21H2,2-4H3. The molecule has 0 unspecified atom stereocenters. The van der Waals surface area contributed by atoms with Crippen molar-refractivity contribution in [2.24, 2.45) is 5.41 Å². The van der Waals surface area contributed by atoms with Crippen LogP contribution in [0.2, 0.25) is 0 Å². The Labute approximate surface area is 171 Å². The number of nitrogens with zero attached hydrogens (tertiary/aromatic N) is 1. The Morgan fingerprint density at radius 3 is 2.63 bits per heavy atom. The monoisotopic (exact) mass is 381 g/mol. The first-order chi connectivity index (χ1) is 13.0. The van der Waals surface area contributed by atoms with Crippen molar-refractivity contribution in [1.82, 2.24) is 4.90 Å². The molecule has 0 aliphatic carbocycles. The first-order valence-corrected chi connectivity index (χ1v) is 11.6. The SMILES string of the molecule is C=CC(C)(C)CCN1CC=C(c2ccc(C#CCCCCSC)cc2)CC1. The topological polar surface area (TPSA) is 3.24 Å². The summed E-state index contributed by atoms with van der Waals surface area (Å²) in [5.41, 5.74) is 4.20. The Bertz CT molecular complexity index is 673. The van der Waals surface area contributed by atoms with E-state index in [1.807, 2.05) is 11.8 Å². The lowest BCUT2D eigenvalue weighted by molar-refractivity contribution is 0.260. The van der Waals surface area contributed by atoms with Gasteiger partial charge in [-0.2, -0.15) is 11.8 Å². The molecule has 1 nitrogen and oxygen atoms in total. The van der Waals surface area contributed by atoms with Crippen LogP contribution in [0.25, 0.3) is 5.57 Å². The maximum Gasteiger partial charge on any atom is 0.0245 e. The highest BCUT2D eigenvalue weighted by Gasteiger charge is 2.17. The van der Waals surface area contributed by atoms with Gasteiger partial charge in [0.25, 0.3) is 0 Å².